The number of imide groups is 1. The predicted molar refractivity (Wildman–Crippen MR) is 162 cm³/mol. The zero-order valence-corrected chi connectivity index (χ0v) is 27.0. The maximum atomic E-state index is 13.0. The molecule has 238 valence electrons. The van der Waals surface area contributed by atoms with Crippen LogP contribution < -0.4 is 16.0 Å². The first-order valence-electron chi connectivity index (χ1n) is 14.8. The molecule has 0 bridgehead atoms. The molecule has 3 N–H and O–H groups in total. The van der Waals surface area contributed by atoms with Crippen molar-refractivity contribution in [2.45, 2.75) is 100 Å². The van der Waals surface area contributed by atoms with Crippen LogP contribution in [0.2, 0.25) is 0 Å². The molecule has 1 unspecified atom stereocenters. The van der Waals surface area contributed by atoms with Crippen molar-refractivity contribution in [1.82, 2.24) is 15.5 Å². The van der Waals surface area contributed by atoms with Gasteiger partial charge in [0.1, 0.15) is 18.7 Å². The van der Waals surface area contributed by atoms with Crippen molar-refractivity contribution in [2.24, 2.45) is 22.7 Å². The van der Waals surface area contributed by atoms with Crippen LogP contribution in [-0.2, 0) is 40.1 Å². The van der Waals surface area contributed by atoms with Crippen molar-refractivity contribution in [1.29, 1.82) is 0 Å². The summed E-state index contributed by atoms with van der Waals surface area (Å²) in [6.45, 7) is 16.5. The van der Waals surface area contributed by atoms with Crippen molar-refractivity contribution >= 4 is 41.2 Å². The molecule has 0 aliphatic carbocycles. The van der Waals surface area contributed by atoms with Crippen molar-refractivity contribution < 1.29 is 33.5 Å². The van der Waals surface area contributed by atoms with Crippen LogP contribution in [0.25, 0.3) is 0 Å². The summed E-state index contributed by atoms with van der Waals surface area (Å²) in [4.78, 5) is 76.6. The highest BCUT2D eigenvalue weighted by Crippen LogP contribution is 2.35. The number of ether oxygens (including phenoxy) is 1. The van der Waals surface area contributed by atoms with Crippen molar-refractivity contribution in [2.75, 3.05) is 11.9 Å². The van der Waals surface area contributed by atoms with Gasteiger partial charge in [0.05, 0.1) is 11.3 Å². The van der Waals surface area contributed by atoms with Gasteiger partial charge in [0.25, 0.3) is 0 Å². The number of nitrogens with zero attached hydrogens (tertiary/aromatic N) is 1. The largest absolute Gasteiger partial charge is 0.460 e. The summed E-state index contributed by atoms with van der Waals surface area (Å²) in [5.41, 5.74) is 0.354. The number of anilines is 1. The second kappa shape index (κ2) is 14.6. The zero-order valence-electron chi connectivity index (χ0n) is 27.0. The van der Waals surface area contributed by atoms with E-state index in [1.807, 2.05) is 20.8 Å². The summed E-state index contributed by atoms with van der Waals surface area (Å²) < 4.78 is 5.30. The lowest BCUT2D eigenvalue weighted by Crippen LogP contribution is -2.53. The molecule has 0 spiro atoms. The number of rotatable bonds is 12. The Morgan fingerprint density at radius 3 is 2.05 bits per heavy atom. The fourth-order valence-electron chi connectivity index (χ4n) is 4.44. The van der Waals surface area contributed by atoms with E-state index < -0.39 is 29.3 Å². The fraction of sp³-hybridized carbons (Fsp3) is 0.625. The molecule has 1 fully saturated rings. The van der Waals surface area contributed by atoms with Gasteiger partial charge in [0.15, 0.2) is 0 Å². The molecule has 0 saturated carbocycles. The van der Waals surface area contributed by atoms with Crippen molar-refractivity contribution in [3.63, 3.8) is 0 Å². The van der Waals surface area contributed by atoms with Gasteiger partial charge in [0, 0.05) is 25.1 Å². The average Bonchev–Trinajstić information content (AvgIpc) is 3.19. The molecule has 11 heteroatoms. The maximum Gasteiger partial charge on any atom is 0.311 e. The number of esters is 1. The highest BCUT2D eigenvalue weighted by atomic mass is 16.5. The SMILES string of the molecule is CC(C)[C@H](NC(=O)CCCN1C(=O)CC(C(C)(C)C)C1=O)C(=O)N[C@@H](C)C(=O)Nc1ccc(COC(=O)C(C)(C)C)cc1. The summed E-state index contributed by atoms with van der Waals surface area (Å²) in [6, 6.07) is 5.06. The molecule has 1 aliphatic heterocycles. The number of nitrogens with one attached hydrogen (secondary N) is 3. The van der Waals surface area contributed by atoms with Crippen LogP contribution in [0.3, 0.4) is 0 Å². The standard InChI is InChI=1S/C32H48N4O7/c1-19(2)26(35-24(37)11-10-16-36-25(38)17-23(29(36)41)31(4,5)6)28(40)33-20(3)27(39)34-22-14-12-21(13-15-22)18-43-30(42)32(7,8)9/h12-15,19-20,23,26H,10-11,16-18H2,1-9H3,(H,33,40)(H,34,39)(H,35,37)/t20-,23?,26-/m0/s1. The van der Waals surface area contributed by atoms with E-state index in [1.165, 1.54) is 4.90 Å². The third kappa shape index (κ3) is 10.5. The van der Waals surface area contributed by atoms with E-state index in [4.69, 9.17) is 4.74 Å². The molecule has 11 nitrogen and oxygen atoms in total. The lowest BCUT2D eigenvalue weighted by molar-refractivity contribution is -0.154. The second-order valence-electron chi connectivity index (χ2n) is 13.6. The van der Waals surface area contributed by atoms with Gasteiger partial charge in [-0.2, -0.15) is 0 Å². The topological polar surface area (TPSA) is 151 Å². The molecule has 0 aromatic heterocycles. The Morgan fingerprint density at radius 1 is 0.930 bits per heavy atom. The third-order valence-corrected chi connectivity index (χ3v) is 7.30. The summed E-state index contributed by atoms with van der Waals surface area (Å²) in [6.07, 6.45) is 0.494. The van der Waals surface area contributed by atoms with Crippen molar-refractivity contribution in [3.8, 4) is 0 Å². The van der Waals surface area contributed by atoms with E-state index in [1.54, 1.807) is 65.8 Å². The molecular weight excluding hydrogens is 552 g/mol. The fourth-order valence-corrected chi connectivity index (χ4v) is 4.44. The first-order chi connectivity index (χ1) is 19.8. The molecular formula is C32H48N4O7. The zero-order chi connectivity index (χ0) is 32.7. The van der Waals surface area contributed by atoms with Crippen LogP contribution in [0.15, 0.2) is 24.3 Å². The Bertz CT molecular complexity index is 1200. The number of carbonyl (C=O) groups is 6. The second-order valence-corrected chi connectivity index (χ2v) is 13.6. The van der Waals surface area contributed by atoms with Crippen LogP contribution in [0.4, 0.5) is 5.69 Å². The first-order valence-corrected chi connectivity index (χ1v) is 14.8. The Labute approximate surface area is 254 Å². The number of benzene rings is 1. The van der Waals surface area contributed by atoms with Crippen LogP contribution in [-0.4, -0.2) is 59.0 Å². The van der Waals surface area contributed by atoms with Gasteiger partial charge in [-0.3, -0.25) is 33.7 Å². The Kier molecular flexibility index (Phi) is 12.0. The maximum absolute atomic E-state index is 13.0. The third-order valence-electron chi connectivity index (χ3n) is 7.30. The molecule has 1 heterocycles. The lowest BCUT2D eigenvalue weighted by atomic mass is 9.80. The Hall–Kier alpha value is -3.76. The number of hydrogen-bond acceptors (Lipinski definition) is 7. The van der Waals surface area contributed by atoms with Gasteiger partial charge in [-0.25, -0.2) is 0 Å². The molecule has 1 aliphatic rings. The van der Waals surface area contributed by atoms with Crippen LogP contribution in [0.1, 0.15) is 87.1 Å². The van der Waals surface area contributed by atoms with E-state index in [2.05, 4.69) is 16.0 Å². The van der Waals surface area contributed by atoms with Crippen LogP contribution in [0, 0.1) is 22.7 Å². The molecule has 2 rings (SSSR count). The van der Waals surface area contributed by atoms with E-state index in [0.29, 0.717) is 5.69 Å². The van der Waals surface area contributed by atoms with Crippen LogP contribution >= 0.6 is 0 Å². The van der Waals surface area contributed by atoms with E-state index >= 15 is 0 Å². The number of amides is 5. The Morgan fingerprint density at radius 2 is 1.53 bits per heavy atom. The molecule has 1 aromatic carbocycles. The monoisotopic (exact) mass is 600 g/mol. The lowest BCUT2D eigenvalue weighted by Gasteiger charge is -2.25. The molecule has 43 heavy (non-hydrogen) atoms. The van der Waals surface area contributed by atoms with Gasteiger partial charge in [0.2, 0.25) is 29.5 Å². The van der Waals surface area contributed by atoms with E-state index in [0.717, 1.165) is 5.56 Å². The summed E-state index contributed by atoms with van der Waals surface area (Å²) in [5.74, 6) is -2.70. The van der Waals surface area contributed by atoms with Gasteiger partial charge in [-0.05, 0) is 63.1 Å². The minimum Gasteiger partial charge on any atom is -0.460 e. The average molecular weight is 601 g/mol. The summed E-state index contributed by atoms with van der Waals surface area (Å²) in [7, 11) is 0. The highest BCUT2D eigenvalue weighted by molar-refractivity contribution is 6.04. The van der Waals surface area contributed by atoms with Crippen LogP contribution in [0.5, 0.6) is 0 Å². The number of likely N-dealkylation sites (tertiary alicyclic amines) is 1. The smallest absolute Gasteiger partial charge is 0.311 e. The van der Waals surface area contributed by atoms with Gasteiger partial charge in [-0.1, -0.05) is 46.8 Å². The first kappa shape index (κ1) is 35.4. The summed E-state index contributed by atoms with van der Waals surface area (Å²) >= 11 is 0. The predicted octanol–water partition coefficient (Wildman–Crippen LogP) is 3.56. The van der Waals surface area contributed by atoms with Crippen molar-refractivity contribution in [3.05, 3.63) is 29.8 Å². The van der Waals surface area contributed by atoms with Gasteiger partial charge >= 0.3 is 5.97 Å². The Balaban J connectivity index is 1.84. The van der Waals surface area contributed by atoms with Gasteiger partial charge in [-0.15, -0.1) is 0 Å². The normalized spacial score (nSPS) is 17.0. The minimum absolute atomic E-state index is 0.0369. The minimum atomic E-state index is -0.888. The van der Waals surface area contributed by atoms with Gasteiger partial charge < -0.3 is 20.7 Å². The molecule has 0 radical (unpaired) electrons. The quantitative estimate of drug-likeness (QED) is 0.245. The molecule has 1 saturated heterocycles. The molecule has 1 aromatic rings. The number of carbonyl (C=O) groups excluding carboxylic acids is 6. The molecule has 5 amide bonds. The molecule has 3 atom stereocenters. The number of hydrogen-bond donors (Lipinski definition) is 3. The summed E-state index contributed by atoms with van der Waals surface area (Å²) in [5, 5.41) is 8.11. The highest BCUT2D eigenvalue weighted by Gasteiger charge is 2.44. The van der Waals surface area contributed by atoms with E-state index in [9.17, 15) is 28.8 Å². The van der Waals surface area contributed by atoms with E-state index in [-0.39, 0.29) is 73.4 Å².